The van der Waals surface area contributed by atoms with Gasteiger partial charge in [-0.25, -0.2) is 9.97 Å². The molecule has 0 aliphatic carbocycles. The van der Waals surface area contributed by atoms with Crippen molar-refractivity contribution < 1.29 is 14.3 Å². The van der Waals surface area contributed by atoms with E-state index in [1.807, 2.05) is 0 Å². The number of carbonyl (C=O) groups is 1. The van der Waals surface area contributed by atoms with E-state index in [1.54, 1.807) is 50.9 Å². The first-order valence-electron chi connectivity index (χ1n) is 6.14. The summed E-state index contributed by atoms with van der Waals surface area (Å²) < 4.78 is 10.3. The van der Waals surface area contributed by atoms with Gasteiger partial charge in [-0.2, -0.15) is 0 Å². The van der Waals surface area contributed by atoms with Crippen LogP contribution in [0.15, 0.2) is 41.8 Å². The van der Waals surface area contributed by atoms with Crippen LogP contribution in [0.1, 0.15) is 0 Å². The lowest BCUT2D eigenvalue weighted by atomic mass is 10.2. The Morgan fingerprint density at radius 2 is 1.76 bits per heavy atom. The van der Waals surface area contributed by atoms with Crippen LogP contribution in [-0.4, -0.2) is 35.8 Å². The van der Waals surface area contributed by atoms with Crippen LogP contribution in [0.25, 0.3) is 0 Å². The molecule has 1 aromatic carbocycles. The van der Waals surface area contributed by atoms with Crippen LogP contribution in [0.5, 0.6) is 11.5 Å². The van der Waals surface area contributed by atoms with E-state index in [9.17, 15) is 4.79 Å². The van der Waals surface area contributed by atoms with E-state index in [-0.39, 0.29) is 11.7 Å². The Bertz CT molecular complexity index is 585. The van der Waals surface area contributed by atoms with E-state index in [0.29, 0.717) is 22.3 Å². The number of carbonyl (C=O) groups excluding carboxylic acids is 1. The fraction of sp³-hybridized carbons (Fsp3) is 0.214. The molecular formula is C14H15N3O3S. The highest BCUT2D eigenvalue weighted by molar-refractivity contribution is 7.99. The van der Waals surface area contributed by atoms with Crippen LogP contribution in [0.3, 0.4) is 0 Å². The van der Waals surface area contributed by atoms with Crippen LogP contribution < -0.4 is 14.8 Å². The summed E-state index contributed by atoms with van der Waals surface area (Å²) in [4.78, 5) is 20.0. The van der Waals surface area contributed by atoms with Gasteiger partial charge in [-0.3, -0.25) is 4.79 Å². The van der Waals surface area contributed by atoms with Crippen molar-refractivity contribution in [1.29, 1.82) is 0 Å². The largest absolute Gasteiger partial charge is 0.497 e. The minimum atomic E-state index is -0.150. The minimum Gasteiger partial charge on any atom is -0.497 e. The zero-order chi connectivity index (χ0) is 15.1. The van der Waals surface area contributed by atoms with Crippen molar-refractivity contribution in [1.82, 2.24) is 9.97 Å². The van der Waals surface area contributed by atoms with E-state index in [1.165, 1.54) is 11.8 Å². The first-order chi connectivity index (χ1) is 10.2. The van der Waals surface area contributed by atoms with Gasteiger partial charge in [0.15, 0.2) is 5.16 Å². The second-order valence-corrected chi connectivity index (χ2v) is 4.91. The number of ether oxygens (including phenoxy) is 2. The number of rotatable bonds is 6. The van der Waals surface area contributed by atoms with Gasteiger partial charge >= 0.3 is 0 Å². The van der Waals surface area contributed by atoms with Crippen molar-refractivity contribution in [3.05, 3.63) is 36.7 Å². The molecule has 7 heteroatoms. The molecule has 6 nitrogen and oxygen atoms in total. The molecule has 21 heavy (non-hydrogen) atoms. The number of aromatic nitrogens is 2. The molecule has 0 fully saturated rings. The monoisotopic (exact) mass is 305 g/mol. The number of methoxy groups -OCH3 is 2. The fourth-order valence-corrected chi connectivity index (χ4v) is 2.17. The molecule has 0 saturated heterocycles. The predicted octanol–water partition coefficient (Wildman–Crippen LogP) is 2.22. The number of thioether (sulfide) groups is 1. The Labute approximate surface area is 126 Å². The number of hydrogen-bond acceptors (Lipinski definition) is 6. The molecule has 2 rings (SSSR count). The van der Waals surface area contributed by atoms with Crippen LogP contribution in [0.2, 0.25) is 0 Å². The van der Waals surface area contributed by atoms with Gasteiger partial charge in [0, 0.05) is 36.3 Å². The Hall–Kier alpha value is -2.28. The van der Waals surface area contributed by atoms with Gasteiger partial charge in [0.2, 0.25) is 5.91 Å². The van der Waals surface area contributed by atoms with Crippen molar-refractivity contribution in [2.24, 2.45) is 0 Å². The van der Waals surface area contributed by atoms with Gasteiger partial charge < -0.3 is 14.8 Å². The van der Waals surface area contributed by atoms with Crippen molar-refractivity contribution >= 4 is 23.4 Å². The zero-order valence-corrected chi connectivity index (χ0v) is 12.5. The molecule has 0 aliphatic rings. The molecule has 0 radical (unpaired) electrons. The molecule has 0 bridgehead atoms. The van der Waals surface area contributed by atoms with Crippen molar-refractivity contribution in [2.45, 2.75) is 5.16 Å². The molecule has 1 N–H and O–H groups in total. The van der Waals surface area contributed by atoms with Gasteiger partial charge in [0.25, 0.3) is 0 Å². The summed E-state index contributed by atoms with van der Waals surface area (Å²) >= 11 is 1.27. The topological polar surface area (TPSA) is 73.3 Å². The van der Waals surface area contributed by atoms with Gasteiger partial charge in [-0.15, -0.1) is 0 Å². The van der Waals surface area contributed by atoms with E-state index < -0.39 is 0 Å². The van der Waals surface area contributed by atoms with Crippen molar-refractivity contribution in [3.8, 4) is 11.5 Å². The molecule has 110 valence electrons. The van der Waals surface area contributed by atoms with Crippen LogP contribution in [0, 0.1) is 0 Å². The lowest BCUT2D eigenvalue weighted by molar-refractivity contribution is -0.113. The van der Waals surface area contributed by atoms with Crippen LogP contribution in [-0.2, 0) is 4.79 Å². The summed E-state index contributed by atoms with van der Waals surface area (Å²) in [7, 11) is 3.12. The molecule has 0 atom stereocenters. The Morgan fingerprint density at radius 1 is 1.14 bits per heavy atom. The molecule has 0 aliphatic heterocycles. The van der Waals surface area contributed by atoms with Gasteiger partial charge in [-0.1, -0.05) is 11.8 Å². The first kappa shape index (κ1) is 15.1. The third-order valence-electron chi connectivity index (χ3n) is 2.51. The molecule has 0 unspecified atom stereocenters. The van der Waals surface area contributed by atoms with Crippen LogP contribution >= 0.6 is 11.8 Å². The SMILES string of the molecule is COc1cc(NC(=O)CSc2ncccn2)cc(OC)c1. The maximum atomic E-state index is 11.9. The smallest absolute Gasteiger partial charge is 0.234 e. The van der Waals surface area contributed by atoms with E-state index >= 15 is 0 Å². The summed E-state index contributed by atoms with van der Waals surface area (Å²) in [5.74, 6) is 1.30. The molecular weight excluding hydrogens is 290 g/mol. The highest BCUT2D eigenvalue weighted by atomic mass is 32.2. The highest BCUT2D eigenvalue weighted by Crippen LogP contribution is 2.26. The average Bonchev–Trinajstić information content (AvgIpc) is 2.53. The highest BCUT2D eigenvalue weighted by Gasteiger charge is 2.07. The second kappa shape index (κ2) is 7.49. The summed E-state index contributed by atoms with van der Waals surface area (Å²) in [5.41, 5.74) is 0.616. The summed E-state index contributed by atoms with van der Waals surface area (Å²) in [6.45, 7) is 0. The maximum Gasteiger partial charge on any atom is 0.234 e. The van der Waals surface area contributed by atoms with E-state index in [4.69, 9.17) is 9.47 Å². The number of anilines is 1. The first-order valence-corrected chi connectivity index (χ1v) is 7.12. The Kier molecular flexibility index (Phi) is 5.39. The number of nitrogens with zero attached hydrogens (tertiary/aromatic N) is 2. The Morgan fingerprint density at radius 3 is 2.33 bits per heavy atom. The zero-order valence-electron chi connectivity index (χ0n) is 11.7. The molecule has 1 amide bonds. The lowest BCUT2D eigenvalue weighted by Crippen LogP contribution is -2.14. The standard InChI is InChI=1S/C14H15N3O3S/c1-19-11-6-10(7-12(8-11)20-2)17-13(18)9-21-14-15-4-3-5-16-14/h3-8H,9H2,1-2H3,(H,17,18). The van der Waals surface area contributed by atoms with Gasteiger partial charge in [0.1, 0.15) is 11.5 Å². The summed E-state index contributed by atoms with van der Waals surface area (Å²) in [5, 5.41) is 3.35. The molecule has 0 saturated carbocycles. The molecule has 1 heterocycles. The van der Waals surface area contributed by atoms with E-state index in [0.717, 1.165) is 0 Å². The second-order valence-electron chi connectivity index (χ2n) is 3.97. The fourth-order valence-electron chi connectivity index (χ4n) is 1.57. The minimum absolute atomic E-state index is 0.150. The molecule has 0 spiro atoms. The third kappa shape index (κ3) is 4.64. The average molecular weight is 305 g/mol. The van der Waals surface area contributed by atoms with Crippen molar-refractivity contribution in [2.75, 3.05) is 25.3 Å². The molecule has 2 aromatic rings. The van der Waals surface area contributed by atoms with Gasteiger partial charge in [-0.05, 0) is 6.07 Å². The number of benzene rings is 1. The summed E-state index contributed by atoms with van der Waals surface area (Å²) in [6, 6.07) is 6.92. The summed E-state index contributed by atoms with van der Waals surface area (Å²) in [6.07, 6.45) is 3.28. The van der Waals surface area contributed by atoms with Crippen molar-refractivity contribution in [3.63, 3.8) is 0 Å². The van der Waals surface area contributed by atoms with Gasteiger partial charge in [0.05, 0.1) is 20.0 Å². The number of amides is 1. The van der Waals surface area contributed by atoms with E-state index in [2.05, 4.69) is 15.3 Å². The predicted molar refractivity (Wildman–Crippen MR) is 80.9 cm³/mol. The maximum absolute atomic E-state index is 11.9. The molecule has 1 aromatic heterocycles. The quantitative estimate of drug-likeness (QED) is 0.651. The van der Waals surface area contributed by atoms with Crippen LogP contribution in [0.4, 0.5) is 5.69 Å². The third-order valence-corrected chi connectivity index (χ3v) is 3.39. The Balaban J connectivity index is 1.96. The lowest BCUT2D eigenvalue weighted by Gasteiger charge is -2.09. The number of nitrogens with one attached hydrogen (secondary N) is 1. The normalized spacial score (nSPS) is 10.0. The number of hydrogen-bond donors (Lipinski definition) is 1.